The van der Waals surface area contributed by atoms with E-state index in [1.807, 2.05) is 37.7 Å². The second-order valence-electron chi connectivity index (χ2n) is 7.96. The topological polar surface area (TPSA) is 48.8 Å². The lowest BCUT2D eigenvalue weighted by atomic mass is 10.0. The lowest BCUT2D eigenvalue weighted by Gasteiger charge is -2.11. The van der Waals surface area contributed by atoms with Gasteiger partial charge in [0.1, 0.15) is 0 Å². The van der Waals surface area contributed by atoms with Crippen LogP contribution in [0.1, 0.15) is 39.0 Å². The molecule has 0 saturated heterocycles. The Balaban J connectivity index is 0.00000363. The molecule has 1 amide bonds. The van der Waals surface area contributed by atoms with Crippen molar-refractivity contribution in [1.82, 2.24) is 14.8 Å². The Morgan fingerprint density at radius 1 is 1.09 bits per heavy atom. The normalized spacial score (nSPS) is 10.8. The van der Waals surface area contributed by atoms with Gasteiger partial charge in [-0.1, -0.05) is 18.2 Å². The molecule has 3 aromatic rings. The van der Waals surface area contributed by atoms with Crippen molar-refractivity contribution >= 4 is 41.7 Å². The van der Waals surface area contributed by atoms with Crippen LogP contribution in [0.2, 0.25) is 0 Å². The van der Waals surface area contributed by atoms with Crippen molar-refractivity contribution in [2.24, 2.45) is 4.99 Å². The van der Waals surface area contributed by atoms with Gasteiger partial charge in [0.15, 0.2) is 0 Å². The van der Waals surface area contributed by atoms with E-state index in [9.17, 15) is 4.79 Å². The fourth-order valence-corrected chi connectivity index (χ4v) is 3.99. The number of carbonyl (C=O) groups is 1. The SMILES string of the molecule is CCN(C)C=Nc1cc(C)c(Cc2nc(-c3ccc(C(=O)N(C)C)cc3)cs2)cc1C.Cl. The number of rotatable bonds is 7. The Morgan fingerprint density at radius 3 is 2.41 bits per heavy atom. The highest BCUT2D eigenvalue weighted by Gasteiger charge is 2.11. The van der Waals surface area contributed by atoms with E-state index in [1.165, 1.54) is 16.7 Å². The molecular weight excluding hydrogens is 440 g/mol. The number of carbonyl (C=O) groups excluding carboxylic acids is 1. The Labute approximate surface area is 201 Å². The third kappa shape index (κ3) is 6.17. The lowest BCUT2D eigenvalue weighted by Crippen LogP contribution is -2.21. The fraction of sp³-hybridized carbons (Fsp3) is 0.320. The molecule has 0 spiro atoms. The van der Waals surface area contributed by atoms with Crippen LogP contribution in [0.3, 0.4) is 0 Å². The van der Waals surface area contributed by atoms with Crippen molar-refractivity contribution in [2.75, 3.05) is 27.7 Å². The minimum absolute atomic E-state index is 0. The summed E-state index contributed by atoms with van der Waals surface area (Å²) < 4.78 is 0. The Hall–Kier alpha value is -2.70. The summed E-state index contributed by atoms with van der Waals surface area (Å²) in [7, 11) is 5.54. The molecule has 0 unspecified atom stereocenters. The van der Waals surface area contributed by atoms with Crippen LogP contribution in [0, 0.1) is 13.8 Å². The Kier molecular flexibility index (Phi) is 8.99. The molecule has 5 nitrogen and oxygen atoms in total. The Morgan fingerprint density at radius 2 is 1.78 bits per heavy atom. The maximum absolute atomic E-state index is 12.1. The van der Waals surface area contributed by atoms with E-state index >= 15 is 0 Å². The van der Waals surface area contributed by atoms with Crippen LogP contribution < -0.4 is 0 Å². The zero-order chi connectivity index (χ0) is 22.5. The van der Waals surface area contributed by atoms with Gasteiger partial charge in [0.25, 0.3) is 5.91 Å². The number of hydrogen-bond donors (Lipinski definition) is 0. The molecule has 0 aliphatic rings. The monoisotopic (exact) mass is 470 g/mol. The summed E-state index contributed by atoms with van der Waals surface area (Å²) in [5, 5.41) is 3.16. The van der Waals surface area contributed by atoms with Gasteiger partial charge in [0.2, 0.25) is 0 Å². The van der Waals surface area contributed by atoms with Gasteiger partial charge in [-0.3, -0.25) is 4.79 Å². The molecule has 0 radical (unpaired) electrons. The second-order valence-corrected chi connectivity index (χ2v) is 8.91. The van der Waals surface area contributed by atoms with Crippen molar-refractivity contribution in [3.63, 3.8) is 0 Å². The Bertz CT molecular complexity index is 1090. The summed E-state index contributed by atoms with van der Waals surface area (Å²) >= 11 is 1.67. The molecule has 0 bridgehead atoms. The predicted octanol–water partition coefficient (Wildman–Crippen LogP) is 5.75. The van der Waals surface area contributed by atoms with Gasteiger partial charge < -0.3 is 9.80 Å². The van der Waals surface area contributed by atoms with Crippen LogP contribution in [0.4, 0.5) is 5.69 Å². The summed E-state index contributed by atoms with van der Waals surface area (Å²) in [6, 6.07) is 12.0. The molecule has 32 heavy (non-hydrogen) atoms. The highest BCUT2D eigenvalue weighted by molar-refractivity contribution is 7.10. The molecule has 170 valence electrons. The molecule has 0 saturated carbocycles. The minimum Gasteiger partial charge on any atom is -0.366 e. The van der Waals surface area contributed by atoms with E-state index in [1.54, 1.807) is 30.3 Å². The fourth-order valence-electron chi connectivity index (χ4n) is 3.16. The highest BCUT2D eigenvalue weighted by atomic mass is 35.5. The summed E-state index contributed by atoms with van der Waals surface area (Å²) in [6.45, 7) is 7.27. The first-order valence-corrected chi connectivity index (χ1v) is 11.3. The van der Waals surface area contributed by atoms with Gasteiger partial charge in [-0.05, 0) is 55.7 Å². The van der Waals surface area contributed by atoms with Crippen molar-refractivity contribution in [3.8, 4) is 11.3 Å². The van der Waals surface area contributed by atoms with Crippen LogP contribution in [0.25, 0.3) is 11.3 Å². The number of nitrogens with zero attached hydrogens (tertiary/aromatic N) is 4. The van der Waals surface area contributed by atoms with E-state index in [2.05, 4.69) is 48.2 Å². The van der Waals surface area contributed by atoms with Gasteiger partial charge in [-0.15, -0.1) is 23.7 Å². The van der Waals surface area contributed by atoms with E-state index in [0.717, 1.165) is 34.9 Å². The molecule has 3 rings (SSSR count). The van der Waals surface area contributed by atoms with E-state index in [0.29, 0.717) is 5.56 Å². The highest BCUT2D eigenvalue weighted by Crippen LogP contribution is 2.28. The standard InChI is InChI=1S/C25H30N4OS.ClH/c1-7-29(6)16-26-22-13-17(2)21(12-18(22)3)14-24-27-23(15-31-24)19-8-10-20(11-9-19)25(30)28(4)5;/h8-13,15-16H,7,14H2,1-6H3;1H. The predicted molar refractivity (Wildman–Crippen MR) is 138 cm³/mol. The lowest BCUT2D eigenvalue weighted by molar-refractivity contribution is 0.0827. The number of aliphatic imine (C=N–C) groups is 1. The number of aromatic nitrogens is 1. The molecule has 1 aromatic heterocycles. The number of amides is 1. The van der Waals surface area contributed by atoms with E-state index in [4.69, 9.17) is 4.98 Å². The number of benzene rings is 2. The van der Waals surface area contributed by atoms with Crippen molar-refractivity contribution in [3.05, 3.63) is 69.0 Å². The van der Waals surface area contributed by atoms with E-state index in [-0.39, 0.29) is 18.3 Å². The van der Waals surface area contributed by atoms with Gasteiger partial charge in [-0.2, -0.15) is 0 Å². The second kappa shape index (κ2) is 11.2. The molecule has 0 atom stereocenters. The van der Waals surface area contributed by atoms with E-state index < -0.39 is 0 Å². The third-order valence-electron chi connectivity index (χ3n) is 5.27. The first-order valence-electron chi connectivity index (χ1n) is 10.4. The van der Waals surface area contributed by atoms with Crippen LogP contribution in [0.15, 0.2) is 46.8 Å². The number of aryl methyl sites for hydroxylation is 2. The summed E-state index contributed by atoms with van der Waals surface area (Å²) in [5.41, 5.74) is 7.32. The molecule has 2 aromatic carbocycles. The largest absolute Gasteiger partial charge is 0.366 e. The van der Waals surface area contributed by atoms with Crippen molar-refractivity contribution < 1.29 is 4.79 Å². The van der Waals surface area contributed by atoms with Crippen molar-refractivity contribution in [1.29, 1.82) is 0 Å². The molecule has 7 heteroatoms. The first-order chi connectivity index (χ1) is 14.8. The summed E-state index contributed by atoms with van der Waals surface area (Å²) in [6.07, 6.45) is 2.68. The van der Waals surface area contributed by atoms with Gasteiger partial charge in [0.05, 0.1) is 22.7 Å². The van der Waals surface area contributed by atoms with Crippen LogP contribution in [-0.4, -0.2) is 54.7 Å². The van der Waals surface area contributed by atoms with Crippen LogP contribution in [0.5, 0.6) is 0 Å². The molecular formula is C25H31ClN4OS. The number of thiazole rings is 1. The zero-order valence-electron chi connectivity index (χ0n) is 19.5. The molecule has 0 aliphatic heterocycles. The van der Waals surface area contributed by atoms with Crippen LogP contribution >= 0.6 is 23.7 Å². The van der Waals surface area contributed by atoms with Crippen molar-refractivity contribution in [2.45, 2.75) is 27.2 Å². The van der Waals surface area contributed by atoms with Gasteiger partial charge in [-0.25, -0.2) is 9.98 Å². The molecule has 0 N–H and O–H groups in total. The zero-order valence-corrected chi connectivity index (χ0v) is 21.2. The first kappa shape index (κ1) is 25.6. The smallest absolute Gasteiger partial charge is 0.253 e. The van der Waals surface area contributed by atoms with Gasteiger partial charge >= 0.3 is 0 Å². The summed E-state index contributed by atoms with van der Waals surface area (Å²) in [5.74, 6) is 0.00508. The molecule has 0 fully saturated rings. The van der Waals surface area contributed by atoms with Gasteiger partial charge in [0, 0.05) is 50.6 Å². The maximum Gasteiger partial charge on any atom is 0.253 e. The summed E-state index contributed by atoms with van der Waals surface area (Å²) in [4.78, 5) is 25.2. The average Bonchev–Trinajstić information content (AvgIpc) is 3.22. The quantitative estimate of drug-likeness (QED) is 0.326. The molecule has 0 aliphatic carbocycles. The average molecular weight is 471 g/mol. The number of halogens is 1. The molecule has 1 heterocycles. The maximum atomic E-state index is 12.1. The third-order valence-corrected chi connectivity index (χ3v) is 6.12. The minimum atomic E-state index is 0. The number of hydrogen-bond acceptors (Lipinski definition) is 4. The van der Waals surface area contributed by atoms with Crippen LogP contribution in [-0.2, 0) is 6.42 Å².